The number of nitrogens with zero attached hydrogens (tertiary/aromatic N) is 1. The summed E-state index contributed by atoms with van der Waals surface area (Å²) in [6, 6.07) is -0.0546. The first-order valence-corrected chi connectivity index (χ1v) is 6.77. The molecule has 0 bridgehead atoms. The number of carbonyl (C=O) groups excluding carboxylic acids is 1. The van der Waals surface area contributed by atoms with Crippen LogP contribution in [-0.2, 0) is 4.79 Å². The van der Waals surface area contributed by atoms with E-state index in [1.165, 1.54) is 12.8 Å². The van der Waals surface area contributed by atoms with Crippen molar-refractivity contribution in [3.63, 3.8) is 0 Å². The maximum atomic E-state index is 12.0. The number of hydrogen-bond donors (Lipinski definition) is 2. The maximum absolute atomic E-state index is 12.0. The second-order valence-electron chi connectivity index (χ2n) is 5.28. The average Bonchev–Trinajstić information content (AvgIpc) is 3.08. The van der Waals surface area contributed by atoms with E-state index >= 15 is 0 Å². The molecule has 1 unspecified atom stereocenters. The molecule has 0 spiro atoms. The van der Waals surface area contributed by atoms with Crippen LogP contribution in [0.15, 0.2) is 0 Å². The predicted molar refractivity (Wildman–Crippen MR) is 69.4 cm³/mol. The van der Waals surface area contributed by atoms with Gasteiger partial charge in [0.15, 0.2) is 0 Å². The quantitative estimate of drug-likeness (QED) is 0.697. The maximum Gasteiger partial charge on any atom is 0.317 e. The lowest BCUT2D eigenvalue weighted by Crippen LogP contribution is -2.43. The molecule has 0 radical (unpaired) electrons. The minimum Gasteiger partial charge on any atom is -0.481 e. The second kappa shape index (κ2) is 7.24. The van der Waals surface area contributed by atoms with Crippen molar-refractivity contribution in [3.05, 3.63) is 0 Å². The molecule has 2 amide bonds. The van der Waals surface area contributed by atoms with Gasteiger partial charge in [-0.05, 0) is 31.1 Å². The van der Waals surface area contributed by atoms with Crippen LogP contribution >= 0.6 is 0 Å². The van der Waals surface area contributed by atoms with Crippen molar-refractivity contribution < 1.29 is 14.7 Å². The number of amides is 2. The Hall–Kier alpha value is -1.26. The Labute approximate surface area is 109 Å². The van der Waals surface area contributed by atoms with Gasteiger partial charge in [0.2, 0.25) is 0 Å². The van der Waals surface area contributed by atoms with Gasteiger partial charge < -0.3 is 15.3 Å². The molecular weight excluding hydrogens is 232 g/mol. The fourth-order valence-corrected chi connectivity index (χ4v) is 1.90. The van der Waals surface area contributed by atoms with Gasteiger partial charge in [-0.15, -0.1) is 0 Å². The number of aliphatic carboxylic acids is 1. The Balaban J connectivity index is 2.28. The van der Waals surface area contributed by atoms with Gasteiger partial charge in [0.05, 0.1) is 0 Å². The second-order valence-corrected chi connectivity index (χ2v) is 5.28. The highest BCUT2D eigenvalue weighted by atomic mass is 16.4. The van der Waals surface area contributed by atoms with Gasteiger partial charge in [-0.25, -0.2) is 4.79 Å². The third kappa shape index (κ3) is 5.89. The van der Waals surface area contributed by atoms with Gasteiger partial charge in [0.25, 0.3) is 0 Å². The summed E-state index contributed by atoms with van der Waals surface area (Å²) in [6.07, 6.45) is 3.49. The van der Waals surface area contributed by atoms with Crippen LogP contribution in [0.1, 0.15) is 39.5 Å². The molecule has 0 aromatic rings. The molecule has 1 aliphatic rings. The van der Waals surface area contributed by atoms with Crippen LogP contribution in [0.2, 0.25) is 0 Å². The summed E-state index contributed by atoms with van der Waals surface area (Å²) in [7, 11) is 0. The first-order valence-electron chi connectivity index (χ1n) is 6.77. The van der Waals surface area contributed by atoms with E-state index in [0.717, 1.165) is 19.5 Å². The fraction of sp³-hybridized carbons (Fsp3) is 0.846. The highest BCUT2D eigenvalue weighted by Crippen LogP contribution is 2.29. The Morgan fingerprint density at radius 2 is 2.11 bits per heavy atom. The first-order chi connectivity index (χ1) is 8.52. The lowest BCUT2D eigenvalue weighted by molar-refractivity contribution is -0.137. The van der Waals surface area contributed by atoms with E-state index in [4.69, 9.17) is 5.11 Å². The van der Waals surface area contributed by atoms with E-state index < -0.39 is 5.97 Å². The van der Waals surface area contributed by atoms with Crippen molar-refractivity contribution in [2.45, 2.75) is 39.5 Å². The number of carboxylic acid groups (broad SMARTS) is 1. The van der Waals surface area contributed by atoms with E-state index in [2.05, 4.69) is 12.2 Å². The average molecular weight is 256 g/mol. The molecule has 0 aromatic heterocycles. The van der Waals surface area contributed by atoms with Crippen molar-refractivity contribution in [1.29, 1.82) is 0 Å². The van der Waals surface area contributed by atoms with Crippen molar-refractivity contribution in [3.8, 4) is 0 Å². The van der Waals surface area contributed by atoms with Crippen molar-refractivity contribution in [2.24, 2.45) is 11.8 Å². The number of rotatable bonds is 8. The normalized spacial score (nSPS) is 16.1. The standard InChI is InChI=1S/C13H24N2O3/c1-3-6-15(9-11-4-5-11)13(18)14-8-10(2)7-12(16)17/h10-11H,3-9H2,1-2H3,(H,14,18)(H,16,17). The Morgan fingerprint density at radius 3 is 2.61 bits per heavy atom. The van der Waals surface area contributed by atoms with Crippen LogP contribution in [0.25, 0.3) is 0 Å². The molecule has 0 aromatic carbocycles. The molecule has 18 heavy (non-hydrogen) atoms. The largest absolute Gasteiger partial charge is 0.481 e. The molecule has 1 atom stereocenters. The van der Waals surface area contributed by atoms with Crippen LogP contribution in [0.5, 0.6) is 0 Å². The van der Waals surface area contributed by atoms with Crippen LogP contribution in [-0.4, -0.2) is 41.6 Å². The van der Waals surface area contributed by atoms with Gasteiger partial charge in [0.1, 0.15) is 0 Å². The molecule has 1 rings (SSSR count). The Kier molecular flexibility index (Phi) is 5.95. The molecule has 5 heteroatoms. The zero-order valence-corrected chi connectivity index (χ0v) is 11.3. The van der Waals surface area contributed by atoms with Gasteiger partial charge in [-0.1, -0.05) is 13.8 Å². The van der Waals surface area contributed by atoms with Crippen molar-refractivity contribution in [1.82, 2.24) is 10.2 Å². The van der Waals surface area contributed by atoms with Crippen molar-refractivity contribution in [2.75, 3.05) is 19.6 Å². The summed E-state index contributed by atoms with van der Waals surface area (Å²) in [5.74, 6) is -0.172. The molecule has 104 valence electrons. The molecule has 0 saturated heterocycles. The highest BCUT2D eigenvalue weighted by molar-refractivity contribution is 5.74. The summed E-state index contributed by atoms with van der Waals surface area (Å²) in [5, 5.41) is 11.5. The monoisotopic (exact) mass is 256 g/mol. The zero-order valence-electron chi connectivity index (χ0n) is 11.3. The Bertz CT molecular complexity index is 290. The van der Waals surface area contributed by atoms with Gasteiger partial charge >= 0.3 is 12.0 Å². The number of nitrogens with one attached hydrogen (secondary N) is 1. The molecule has 5 nitrogen and oxygen atoms in total. The lowest BCUT2D eigenvalue weighted by atomic mass is 10.1. The van der Waals surface area contributed by atoms with Crippen LogP contribution in [0.3, 0.4) is 0 Å². The first kappa shape index (κ1) is 14.8. The summed E-state index contributed by atoms with van der Waals surface area (Å²) in [5.41, 5.74) is 0. The highest BCUT2D eigenvalue weighted by Gasteiger charge is 2.26. The van der Waals surface area contributed by atoms with Gasteiger partial charge in [0, 0.05) is 26.1 Å². The van der Waals surface area contributed by atoms with E-state index in [-0.39, 0.29) is 18.4 Å². The van der Waals surface area contributed by atoms with Gasteiger partial charge in [-0.2, -0.15) is 0 Å². The molecule has 1 fully saturated rings. The molecule has 0 aliphatic heterocycles. The van der Waals surface area contributed by atoms with E-state index in [9.17, 15) is 9.59 Å². The van der Waals surface area contributed by atoms with E-state index in [1.807, 2.05) is 11.8 Å². The molecule has 1 aliphatic carbocycles. The number of carboxylic acids is 1. The summed E-state index contributed by atoms with van der Waals surface area (Å²) in [6.45, 7) is 5.93. The molecule has 1 saturated carbocycles. The van der Waals surface area contributed by atoms with Crippen molar-refractivity contribution >= 4 is 12.0 Å². The molecule has 2 N–H and O–H groups in total. The van der Waals surface area contributed by atoms with Crippen LogP contribution in [0.4, 0.5) is 4.79 Å². The number of hydrogen-bond acceptors (Lipinski definition) is 2. The smallest absolute Gasteiger partial charge is 0.317 e. The van der Waals surface area contributed by atoms with Crippen LogP contribution in [0, 0.1) is 11.8 Å². The number of urea groups is 1. The molecule has 0 heterocycles. The van der Waals surface area contributed by atoms with E-state index in [1.54, 1.807) is 0 Å². The lowest BCUT2D eigenvalue weighted by Gasteiger charge is -2.23. The third-order valence-electron chi connectivity index (χ3n) is 3.08. The SMILES string of the molecule is CCCN(CC1CC1)C(=O)NCC(C)CC(=O)O. The third-order valence-corrected chi connectivity index (χ3v) is 3.08. The fourth-order valence-electron chi connectivity index (χ4n) is 1.90. The summed E-state index contributed by atoms with van der Waals surface area (Å²) in [4.78, 5) is 24.3. The topological polar surface area (TPSA) is 69.6 Å². The minimum atomic E-state index is -0.819. The van der Waals surface area contributed by atoms with Crippen LogP contribution < -0.4 is 5.32 Å². The Morgan fingerprint density at radius 1 is 1.44 bits per heavy atom. The predicted octanol–water partition coefficient (Wildman–Crippen LogP) is 1.93. The summed E-state index contributed by atoms with van der Waals surface area (Å²) >= 11 is 0. The number of carbonyl (C=O) groups is 2. The van der Waals surface area contributed by atoms with E-state index in [0.29, 0.717) is 12.5 Å². The molecular formula is C13H24N2O3. The summed E-state index contributed by atoms with van der Waals surface area (Å²) < 4.78 is 0. The zero-order chi connectivity index (χ0) is 13.5. The minimum absolute atomic E-state index is 0.0316. The van der Waals surface area contributed by atoms with Gasteiger partial charge in [-0.3, -0.25) is 4.79 Å².